The summed E-state index contributed by atoms with van der Waals surface area (Å²) in [5, 5.41) is 0.649. The second kappa shape index (κ2) is 5.47. The predicted molar refractivity (Wildman–Crippen MR) is 79.5 cm³/mol. The lowest BCUT2D eigenvalue weighted by Crippen LogP contribution is -2.11. The van der Waals surface area contributed by atoms with Crippen LogP contribution in [-0.2, 0) is 0 Å². The van der Waals surface area contributed by atoms with E-state index >= 15 is 0 Å². The molecule has 0 saturated heterocycles. The minimum Gasteiger partial charge on any atom is -0.320 e. The summed E-state index contributed by atoms with van der Waals surface area (Å²) in [7, 11) is 0. The largest absolute Gasteiger partial charge is 0.320 e. The predicted octanol–water partition coefficient (Wildman–Crippen LogP) is 5.52. The van der Waals surface area contributed by atoms with Crippen LogP contribution >= 0.6 is 62.1 Å². The molecule has 17 heavy (non-hydrogen) atoms. The van der Waals surface area contributed by atoms with Crippen molar-refractivity contribution in [2.24, 2.45) is 5.73 Å². The Bertz CT molecular complexity index is 556. The van der Waals surface area contributed by atoms with E-state index < -0.39 is 0 Å². The number of hydrogen-bond donors (Lipinski definition) is 1. The second-order valence-corrected chi connectivity index (χ2v) is 6.98. The molecule has 1 aromatic heterocycles. The molecule has 6 heteroatoms. The van der Waals surface area contributed by atoms with Crippen molar-refractivity contribution >= 4 is 62.1 Å². The molecule has 0 radical (unpaired) electrons. The summed E-state index contributed by atoms with van der Waals surface area (Å²) in [4.78, 5) is 0. The first-order valence-electron chi connectivity index (χ1n) is 4.64. The summed E-state index contributed by atoms with van der Waals surface area (Å²) in [6.45, 7) is 0. The molecule has 0 bridgehead atoms. The highest BCUT2D eigenvalue weighted by atomic mass is 79.9. The molecule has 0 aliphatic heterocycles. The maximum Gasteiger partial charge on any atom is 0.0995 e. The van der Waals surface area contributed by atoms with Crippen LogP contribution in [0.3, 0.4) is 0 Å². The number of nitrogens with two attached hydrogens (primary N) is 1. The van der Waals surface area contributed by atoms with Gasteiger partial charge in [-0.3, -0.25) is 0 Å². The van der Waals surface area contributed by atoms with E-state index in [2.05, 4.69) is 15.9 Å². The summed E-state index contributed by atoms with van der Waals surface area (Å²) in [6.07, 6.45) is 0. The second-order valence-electron chi connectivity index (χ2n) is 3.43. The van der Waals surface area contributed by atoms with Crippen molar-refractivity contribution in [3.63, 3.8) is 0 Å². The number of halogens is 4. The molecule has 0 fully saturated rings. The highest BCUT2D eigenvalue weighted by Gasteiger charge is 2.16. The summed E-state index contributed by atoms with van der Waals surface area (Å²) < 4.78 is 2.06. The molecule has 2 rings (SSSR count). The third-order valence-corrected chi connectivity index (χ3v) is 5.05. The summed E-state index contributed by atoms with van der Waals surface area (Å²) in [5.41, 5.74) is 7.91. The van der Waals surface area contributed by atoms with E-state index in [-0.39, 0.29) is 6.04 Å². The third-order valence-electron chi connectivity index (χ3n) is 2.32. The van der Waals surface area contributed by atoms with Crippen molar-refractivity contribution in [1.82, 2.24) is 0 Å². The van der Waals surface area contributed by atoms with Gasteiger partial charge in [0.15, 0.2) is 0 Å². The molecular weight excluding hydrogens is 364 g/mol. The number of benzene rings is 1. The monoisotopic (exact) mass is 369 g/mol. The Morgan fingerprint density at radius 2 is 1.88 bits per heavy atom. The molecule has 0 amide bonds. The lowest BCUT2D eigenvalue weighted by atomic mass is 10.0. The van der Waals surface area contributed by atoms with Gasteiger partial charge in [0, 0.05) is 10.0 Å². The molecule has 1 aromatic carbocycles. The van der Waals surface area contributed by atoms with E-state index in [1.54, 1.807) is 12.1 Å². The van der Waals surface area contributed by atoms with Gasteiger partial charge in [-0.2, -0.15) is 0 Å². The van der Waals surface area contributed by atoms with Gasteiger partial charge in [-0.05, 0) is 39.7 Å². The summed E-state index contributed by atoms with van der Waals surface area (Å²) in [6, 6.07) is 7.04. The molecule has 2 N–H and O–H groups in total. The van der Waals surface area contributed by atoms with Gasteiger partial charge in [0.2, 0.25) is 0 Å². The Morgan fingerprint density at radius 1 is 1.18 bits per heavy atom. The molecule has 2 aromatic rings. The standard InChI is InChI=1S/C11H7BrCl3NS/c12-7-3-5(1-2-8(7)13)10(16)6-4-9(14)17-11(6)15/h1-4,10H,16H2. The Balaban J connectivity index is 2.40. The van der Waals surface area contributed by atoms with E-state index in [0.29, 0.717) is 13.7 Å². The number of thiophene rings is 1. The van der Waals surface area contributed by atoms with Crippen molar-refractivity contribution in [2.75, 3.05) is 0 Å². The third kappa shape index (κ3) is 2.98. The Morgan fingerprint density at radius 3 is 2.41 bits per heavy atom. The summed E-state index contributed by atoms with van der Waals surface area (Å²) in [5.74, 6) is 0. The van der Waals surface area contributed by atoms with E-state index in [1.807, 2.05) is 12.1 Å². The number of rotatable bonds is 2. The van der Waals surface area contributed by atoms with Crippen LogP contribution in [0.15, 0.2) is 28.7 Å². The lowest BCUT2D eigenvalue weighted by molar-refractivity contribution is 0.876. The van der Waals surface area contributed by atoms with Crippen LogP contribution in [0.2, 0.25) is 13.7 Å². The van der Waals surface area contributed by atoms with Gasteiger partial charge in [0.25, 0.3) is 0 Å². The molecule has 0 spiro atoms. The van der Waals surface area contributed by atoms with E-state index in [4.69, 9.17) is 40.5 Å². The zero-order valence-corrected chi connectivity index (χ0v) is 13.1. The quantitative estimate of drug-likeness (QED) is 0.739. The van der Waals surface area contributed by atoms with Crippen molar-refractivity contribution in [3.8, 4) is 0 Å². The maximum atomic E-state index is 6.15. The van der Waals surface area contributed by atoms with Gasteiger partial charge in [-0.1, -0.05) is 40.9 Å². The average Bonchev–Trinajstić information content (AvgIpc) is 2.61. The first kappa shape index (κ1) is 13.7. The zero-order valence-electron chi connectivity index (χ0n) is 8.38. The minimum atomic E-state index is -0.306. The molecule has 1 heterocycles. The van der Waals surface area contributed by atoms with Crippen molar-refractivity contribution in [2.45, 2.75) is 6.04 Å². The van der Waals surface area contributed by atoms with Gasteiger partial charge in [0.05, 0.1) is 19.7 Å². The fourth-order valence-corrected chi connectivity index (χ4v) is 3.51. The van der Waals surface area contributed by atoms with Crippen LogP contribution in [0, 0.1) is 0 Å². The minimum absolute atomic E-state index is 0.306. The molecule has 90 valence electrons. The van der Waals surface area contributed by atoms with Gasteiger partial charge in [0.1, 0.15) is 0 Å². The van der Waals surface area contributed by atoms with Gasteiger partial charge in [-0.15, -0.1) is 11.3 Å². The van der Waals surface area contributed by atoms with E-state index in [1.165, 1.54) is 11.3 Å². The fourth-order valence-electron chi connectivity index (χ4n) is 1.45. The molecule has 1 atom stereocenters. The molecule has 1 unspecified atom stereocenters. The summed E-state index contributed by atoms with van der Waals surface area (Å²) >= 11 is 22.6. The Labute approximate surface area is 127 Å². The Hall–Kier alpha value is 0.230. The van der Waals surface area contributed by atoms with Gasteiger partial charge < -0.3 is 5.73 Å². The maximum absolute atomic E-state index is 6.15. The first-order valence-corrected chi connectivity index (χ1v) is 7.38. The molecule has 1 nitrogen and oxygen atoms in total. The zero-order chi connectivity index (χ0) is 12.6. The van der Waals surface area contributed by atoms with Crippen LogP contribution in [0.1, 0.15) is 17.2 Å². The lowest BCUT2D eigenvalue weighted by Gasteiger charge is -2.12. The fraction of sp³-hybridized carbons (Fsp3) is 0.0909. The number of hydrogen-bond acceptors (Lipinski definition) is 2. The molecule has 0 aliphatic carbocycles. The molecular formula is C11H7BrCl3NS. The van der Waals surface area contributed by atoms with Crippen molar-refractivity contribution in [3.05, 3.63) is 53.6 Å². The topological polar surface area (TPSA) is 26.0 Å². The normalized spacial score (nSPS) is 12.8. The van der Waals surface area contributed by atoms with Crippen molar-refractivity contribution < 1.29 is 0 Å². The van der Waals surface area contributed by atoms with Crippen LogP contribution < -0.4 is 5.73 Å². The SMILES string of the molecule is NC(c1ccc(Cl)c(Br)c1)c1cc(Cl)sc1Cl. The van der Waals surface area contributed by atoms with Crippen LogP contribution in [-0.4, -0.2) is 0 Å². The first-order chi connectivity index (χ1) is 7.99. The van der Waals surface area contributed by atoms with E-state index in [0.717, 1.165) is 15.6 Å². The smallest absolute Gasteiger partial charge is 0.0995 e. The average molecular weight is 372 g/mol. The van der Waals surface area contributed by atoms with Crippen LogP contribution in [0.25, 0.3) is 0 Å². The van der Waals surface area contributed by atoms with Crippen molar-refractivity contribution in [1.29, 1.82) is 0 Å². The molecule has 0 aliphatic rings. The van der Waals surface area contributed by atoms with Crippen LogP contribution in [0.4, 0.5) is 0 Å². The van der Waals surface area contributed by atoms with Gasteiger partial charge >= 0.3 is 0 Å². The highest BCUT2D eigenvalue weighted by molar-refractivity contribution is 9.10. The molecule has 0 saturated carbocycles. The van der Waals surface area contributed by atoms with E-state index in [9.17, 15) is 0 Å². The highest BCUT2D eigenvalue weighted by Crippen LogP contribution is 2.37. The Kier molecular flexibility index (Phi) is 4.40. The van der Waals surface area contributed by atoms with Crippen LogP contribution in [0.5, 0.6) is 0 Å². The van der Waals surface area contributed by atoms with Gasteiger partial charge in [-0.25, -0.2) is 0 Å².